The van der Waals surface area contributed by atoms with Gasteiger partial charge in [-0.2, -0.15) is 4.39 Å². The number of hydrogen-bond acceptors (Lipinski definition) is 6. The monoisotopic (exact) mass is 625 g/mol. The number of hydrogen-bond donors (Lipinski definition) is 0. The summed E-state index contributed by atoms with van der Waals surface area (Å²) in [5.74, 6) is 0.119. The molecule has 1 saturated heterocycles. The molecular weight excluding hydrogens is 593 g/mol. The summed E-state index contributed by atoms with van der Waals surface area (Å²) in [6.07, 6.45) is 9.65. The quantitative estimate of drug-likeness (QED) is 0.145. The minimum atomic E-state index is -0.508. The number of nitrogens with zero attached hydrogens (tertiary/aromatic N) is 3. The molecule has 1 unspecified atom stereocenters. The van der Waals surface area contributed by atoms with E-state index in [0.717, 1.165) is 71.9 Å². The molecule has 1 atom stereocenters. The lowest BCUT2D eigenvalue weighted by Gasteiger charge is -2.32. The molecule has 1 aromatic heterocycles. The molecule has 0 N–H and O–H groups in total. The minimum Gasteiger partial charge on any atom is -0.497 e. The number of oxime groups is 1. The molecule has 4 aromatic rings. The number of carbonyl (C=O) groups is 1. The molecule has 45 heavy (non-hydrogen) atoms. The first-order valence-electron chi connectivity index (χ1n) is 15.4. The van der Waals surface area contributed by atoms with Crippen molar-refractivity contribution in [2.24, 2.45) is 11.1 Å². The second-order valence-corrected chi connectivity index (χ2v) is 12.1. The van der Waals surface area contributed by atoms with Gasteiger partial charge in [0.1, 0.15) is 5.75 Å². The zero-order valence-corrected chi connectivity index (χ0v) is 25.7. The van der Waals surface area contributed by atoms with E-state index >= 15 is 4.39 Å². The van der Waals surface area contributed by atoms with E-state index in [4.69, 9.17) is 25.9 Å². The maximum atomic E-state index is 15.5. The van der Waals surface area contributed by atoms with Crippen LogP contribution in [0.5, 0.6) is 5.75 Å². The molecular formula is C36H33ClFN3O4. The summed E-state index contributed by atoms with van der Waals surface area (Å²) in [6, 6.07) is 19.9. The smallest absolute Gasteiger partial charge is 0.341 e. The van der Waals surface area contributed by atoms with Crippen molar-refractivity contribution in [1.29, 1.82) is 0 Å². The summed E-state index contributed by atoms with van der Waals surface area (Å²) >= 11 is 6.94. The van der Waals surface area contributed by atoms with E-state index in [1.807, 2.05) is 48.5 Å². The van der Waals surface area contributed by atoms with Gasteiger partial charge in [0.15, 0.2) is 6.23 Å². The minimum absolute atomic E-state index is 0.164. The fourth-order valence-corrected chi connectivity index (χ4v) is 6.61. The molecule has 0 bridgehead atoms. The average molecular weight is 626 g/mol. The van der Waals surface area contributed by atoms with E-state index < -0.39 is 5.95 Å². The van der Waals surface area contributed by atoms with Crippen LogP contribution in [-0.2, 0) is 14.4 Å². The molecule has 7 nitrogen and oxygen atoms in total. The van der Waals surface area contributed by atoms with Crippen LogP contribution in [0.25, 0.3) is 28.1 Å². The SMILES string of the molecule is COc1ccc(/C(=C(\c2ccc(/C=C/C3=NOC(=O)C3)cc2)c2ccc3c(c2)c(F)nn3C2CCCCO2)C2CCC2)c(Cl)c1. The Morgan fingerprint density at radius 1 is 1.00 bits per heavy atom. The van der Waals surface area contributed by atoms with Gasteiger partial charge in [-0.05, 0) is 108 Å². The van der Waals surface area contributed by atoms with Crippen molar-refractivity contribution in [2.45, 2.75) is 51.2 Å². The van der Waals surface area contributed by atoms with Gasteiger partial charge in [0.25, 0.3) is 0 Å². The van der Waals surface area contributed by atoms with Crippen molar-refractivity contribution < 1.29 is 23.5 Å². The number of fused-ring (bicyclic) bond motifs is 1. The van der Waals surface area contributed by atoms with Crippen molar-refractivity contribution in [2.75, 3.05) is 13.7 Å². The molecule has 7 rings (SSSR count). The van der Waals surface area contributed by atoms with Crippen LogP contribution in [-0.4, -0.2) is 35.2 Å². The van der Waals surface area contributed by atoms with Crippen LogP contribution in [0.2, 0.25) is 5.02 Å². The van der Waals surface area contributed by atoms with Crippen molar-refractivity contribution >= 4 is 51.4 Å². The second-order valence-electron chi connectivity index (χ2n) is 11.7. The van der Waals surface area contributed by atoms with Crippen LogP contribution in [0.1, 0.15) is 73.4 Å². The summed E-state index contributed by atoms with van der Waals surface area (Å²) < 4.78 is 28.6. The molecule has 2 aliphatic heterocycles. The first-order chi connectivity index (χ1) is 22.0. The number of allylic oxidation sites excluding steroid dienone is 2. The lowest BCUT2D eigenvalue weighted by Crippen LogP contribution is -2.19. The molecule has 3 heterocycles. The molecule has 2 fully saturated rings. The third-order valence-corrected chi connectivity index (χ3v) is 9.20. The predicted molar refractivity (Wildman–Crippen MR) is 173 cm³/mol. The normalized spacial score (nSPS) is 19.4. The first-order valence-corrected chi connectivity index (χ1v) is 15.8. The highest BCUT2D eigenvalue weighted by molar-refractivity contribution is 6.33. The number of carbonyl (C=O) groups excluding carboxylic acids is 1. The Kier molecular flexibility index (Phi) is 8.25. The van der Waals surface area contributed by atoms with Crippen LogP contribution in [0.15, 0.2) is 71.9 Å². The van der Waals surface area contributed by atoms with Crippen molar-refractivity contribution in [3.05, 3.63) is 100.0 Å². The third kappa shape index (κ3) is 5.92. The second kappa shape index (κ2) is 12.6. The Morgan fingerprint density at radius 2 is 1.82 bits per heavy atom. The predicted octanol–water partition coefficient (Wildman–Crippen LogP) is 8.61. The molecule has 0 radical (unpaired) electrons. The maximum Gasteiger partial charge on any atom is 0.341 e. The number of benzene rings is 3. The summed E-state index contributed by atoms with van der Waals surface area (Å²) in [5.41, 5.74) is 7.20. The van der Waals surface area contributed by atoms with E-state index in [9.17, 15) is 4.79 Å². The van der Waals surface area contributed by atoms with E-state index in [1.165, 1.54) is 0 Å². The molecule has 0 amide bonds. The molecule has 230 valence electrons. The Hall–Kier alpha value is -4.27. The van der Waals surface area contributed by atoms with Gasteiger partial charge < -0.3 is 14.3 Å². The zero-order valence-electron chi connectivity index (χ0n) is 25.0. The molecule has 3 aromatic carbocycles. The van der Waals surface area contributed by atoms with Gasteiger partial charge in [0, 0.05) is 6.61 Å². The van der Waals surface area contributed by atoms with Gasteiger partial charge in [-0.25, -0.2) is 9.48 Å². The van der Waals surface area contributed by atoms with Gasteiger partial charge >= 0.3 is 5.97 Å². The standard InChI is InChI=1S/C36H33ClFN3O4/c1-43-27-15-16-28(30(37)21-27)35(23-5-4-6-23)34(24-11-8-22(9-12-24)10-14-26-20-33(42)45-40-26)25-13-17-31-29(19-25)36(38)39-41(31)32-7-2-3-18-44-32/h8-17,19,21,23,32H,2-7,18,20H2,1H3/b14-10+,35-34+. The van der Waals surface area contributed by atoms with Crippen molar-refractivity contribution in [3.63, 3.8) is 0 Å². The number of ether oxygens (including phenoxy) is 2. The fourth-order valence-electron chi connectivity index (χ4n) is 6.33. The summed E-state index contributed by atoms with van der Waals surface area (Å²) in [7, 11) is 1.63. The Balaban J connectivity index is 1.37. The summed E-state index contributed by atoms with van der Waals surface area (Å²) in [6.45, 7) is 0.650. The van der Waals surface area contributed by atoms with Gasteiger partial charge in [0.05, 0.1) is 35.2 Å². The molecule has 1 saturated carbocycles. The van der Waals surface area contributed by atoms with E-state index in [0.29, 0.717) is 39.9 Å². The summed E-state index contributed by atoms with van der Waals surface area (Å²) in [5, 5.41) is 9.15. The summed E-state index contributed by atoms with van der Waals surface area (Å²) in [4.78, 5) is 16.1. The molecule has 9 heteroatoms. The zero-order chi connectivity index (χ0) is 30.9. The van der Waals surface area contributed by atoms with Crippen LogP contribution in [0.3, 0.4) is 0 Å². The van der Waals surface area contributed by atoms with Crippen LogP contribution in [0, 0.1) is 11.9 Å². The number of halogens is 2. The maximum absolute atomic E-state index is 15.5. The number of rotatable bonds is 8. The van der Waals surface area contributed by atoms with Gasteiger partial charge in [-0.3, -0.25) is 0 Å². The van der Waals surface area contributed by atoms with Crippen LogP contribution >= 0.6 is 11.6 Å². The largest absolute Gasteiger partial charge is 0.497 e. The molecule has 1 aliphatic carbocycles. The van der Waals surface area contributed by atoms with Gasteiger partial charge in [0.2, 0.25) is 5.95 Å². The molecule has 0 spiro atoms. The lowest BCUT2D eigenvalue weighted by atomic mass is 9.73. The van der Waals surface area contributed by atoms with Crippen molar-refractivity contribution in [3.8, 4) is 5.75 Å². The van der Waals surface area contributed by atoms with Crippen molar-refractivity contribution in [1.82, 2.24) is 9.78 Å². The lowest BCUT2D eigenvalue weighted by molar-refractivity contribution is -0.140. The van der Waals surface area contributed by atoms with Gasteiger partial charge in [-0.1, -0.05) is 59.6 Å². The highest BCUT2D eigenvalue weighted by Gasteiger charge is 2.29. The highest BCUT2D eigenvalue weighted by atomic mass is 35.5. The topological polar surface area (TPSA) is 74.9 Å². The van der Waals surface area contributed by atoms with Crippen LogP contribution < -0.4 is 4.74 Å². The highest BCUT2D eigenvalue weighted by Crippen LogP contribution is 2.47. The average Bonchev–Trinajstić information content (AvgIpc) is 3.61. The van der Waals surface area contributed by atoms with Gasteiger partial charge in [-0.15, -0.1) is 5.10 Å². The van der Waals surface area contributed by atoms with Crippen LogP contribution in [0.4, 0.5) is 4.39 Å². The fraction of sp³-hybridized carbons (Fsp3) is 0.306. The Morgan fingerprint density at radius 3 is 2.49 bits per heavy atom. The Labute approximate surface area is 265 Å². The van der Waals surface area contributed by atoms with E-state index in [2.05, 4.69) is 28.5 Å². The first kappa shape index (κ1) is 29.4. The Bertz CT molecular complexity index is 1850. The van der Waals surface area contributed by atoms with E-state index in [1.54, 1.807) is 17.9 Å². The molecule has 3 aliphatic rings. The third-order valence-electron chi connectivity index (χ3n) is 8.89. The number of methoxy groups -OCH3 is 1. The number of aromatic nitrogens is 2. The van der Waals surface area contributed by atoms with E-state index in [-0.39, 0.29) is 18.6 Å².